The molecule has 4 heteroatoms. The molecule has 0 spiro atoms. The van der Waals surface area contributed by atoms with Crippen LogP contribution in [0.1, 0.15) is 0 Å². The quantitative estimate of drug-likeness (QED) is 0.203. The molecule has 0 aromatic carbocycles. The third-order valence-corrected chi connectivity index (χ3v) is 0.297. The third kappa shape index (κ3) is 5.02. The van der Waals surface area contributed by atoms with Crippen LogP contribution < -0.4 is 0 Å². The lowest BCUT2D eigenvalue weighted by Crippen LogP contribution is -1.79. The molecule has 2 radical (unpaired) electrons. The van der Waals surface area contributed by atoms with Gasteiger partial charge >= 0.3 is 8.05 Å². The van der Waals surface area contributed by atoms with E-state index in [1.54, 1.807) is 6.07 Å². The normalized spacial score (nSPS) is 8.43. The van der Waals surface area contributed by atoms with Crippen molar-refractivity contribution in [2.24, 2.45) is 4.99 Å². The van der Waals surface area contributed by atoms with E-state index in [2.05, 4.69) is 17.7 Å². The summed E-state index contributed by atoms with van der Waals surface area (Å²) in [6, 6.07) is 1.77. The monoisotopic (exact) mass is 94.0 g/mol. The molecule has 0 aliphatic heterocycles. The lowest BCUT2D eigenvalue weighted by molar-refractivity contribution is 0.637. The Hall–Kier alpha value is -0.975. The van der Waals surface area contributed by atoms with E-state index in [1.807, 2.05) is 0 Å². The molecule has 0 heterocycles. The molecule has 0 bridgehead atoms. The summed E-state index contributed by atoms with van der Waals surface area (Å²) in [4.78, 5) is 3.38. The summed E-state index contributed by atoms with van der Waals surface area (Å²) in [7, 11) is 4.51. The van der Waals surface area contributed by atoms with Gasteiger partial charge < -0.3 is 4.65 Å². The van der Waals surface area contributed by atoms with Gasteiger partial charge in [0.05, 0.1) is 6.07 Å². The highest BCUT2D eigenvalue weighted by Gasteiger charge is 1.65. The third-order valence-electron chi connectivity index (χ3n) is 0.297. The first kappa shape index (κ1) is 6.02. The van der Waals surface area contributed by atoms with E-state index in [4.69, 9.17) is 5.26 Å². The average molecular weight is 93.9 g/mol. The molecule has 0 amide bonds. The zero-order valence-electron chi connectivity index (χ0n) is 3.66. The van der Waals surface area contributed by atoms with Crippen LogP contribution in [-0.2, 0) is 4.65 Å². The topological polar surface area (TPSA) is 45.4 Å². The molecule has 0 N–H and O–H groups in total. The van der Waals surface area contributed by atoms with Crippen LogP contribution in [-0.4, -0.2) is 21.0 Å². The van der Waals surface area contributed by atoms with Gasteiger partial charge in [-0.1, -0.05) is 0 Å². The van der Waals surface area contributed by atoms with Crippen LogP contribution in [0.25, 0.3) is 0 Å². The van der Waals surface area contributed by atoms with Crippen LogP contribution >= 0.6 is 0 Å². The maximum Gasteiger partial charge on any atom is 0.375 e. The Morgan fingerprint density at radius 3 is 3.14 bits per heavy atom. The number of hydrogen-bond donors (Lipinski definition) is 0. The minimum absolute atomic E-state index is 0.0944. The van der Waals surface area contributed by atoms with Gasteiger partial charge in [-0.15, -0.1) is 0 Å². The van der Waals surface area contributed by atoms with Gasteiger partial charge in [0.1, 0.15) is 6.54 Å². The molecule has 3 nitrogen and oxygen atoms in total. The van der Waals surface area contributed by atoms with E-state index < -0.39 is 0 Å². The first-order valence-corrected chi connectivity index (χ1v) is 1.62. The Morgan fingerprint density at radius 1 is 2.00 bits per heavy atom. The molecule has 0 saturated heterocycles. The first-order chi connectivity index (χ1) is 3.41. The summed E-state index contributed by atoms with van der Waals surface area (Å²) in [5.74, 6) is 0. The van der Waals surface area contributed by atoms with Crippen LogP contribution in [0.5, 0.6) is 0 Å². The molecule has 0 fully saturated rings. The fraction of sp³-hybridized carbons (Fsp3) is 0.333. The van der Waals surface area contributed by atoms with Gasteiger partial charge in [-0.2, -0.15) is 5.26 Å². The summed E-state index contributed by atoms with van der Waals surface area (Å²) in [6.07, 6.45) is 1.02. The Labute approximate surface area is 43.1 Å². The van der Waals surface area contributed by atoms with Crippen molar-refractivity contribution in [2.75, 3.05) is 6.54 Å². The predicted octanol–water partition coefficient (Wildman–Crippen LogP) is -0.362. The summed E-state index contributed by atoms with van der Waals surface area (Å²) in [5.41, 5.74) is 0. The second-order valence-electron chi connectivity index (χ2n) is 0.740. The number of hydrogen-bond acceptors (Lipinski definition) is 3. The second kappa shape index (κ2) is 5.02. The molecule has 0 saturated carbocycles. The molecular formula is C3H3BN2O. The van der Waals surface area contributed by atoms with Crippen molar-refractivity contribution in [3.05, 3.63) is 0 Å². The van der Waals surface area contributed by atoms with Gasteiger partial charge in [0, 0.05) is 0 Å². The van der Waals surface area contributed by atoms with Crippen LogP contribution in [0.4, 0.5) is 0 Å². The Bertz CT molecular complexity index is 95.6. The lowest BCUT2D eigenvalue weighted by atomic mass is 10.6. The smallest absolute Gasteiger partial charge is 0.375 e. The van der Waals surface area contributed by atoms with Gasteiger partial charge in [0.25, 0.3) is 0 Å². The van der Waals surface area contributed by atoms with E-state index in [-0.39, 0.29) is 6.54 Å². The van der Waals surface area contributed by atoms with E-state index in [1.165, 1.54) is 0 Å². The van der Waals surface area contributed by atoms with Gasteiger partial charge in [0.15, 0.2) is 6.40 Å². The molecule has 0 aliphatic rings. The molecule has 0 aromatic rings. The Balaban J connectivity index is 2.97. The number of nitriles is 1. The maximum absolute atomic E-state index is 7.83. The second-order valence-corrected chi connectivity index (χ2v) is 0.740. The zero-order chi connectivity index (χ0) is 5.54. The molecule has 0 rings (SSSR count). The van der Waals surface area contributed by atoms with E-state index in [9.17, 15) is 0 Å². The molecule has 0 aliphatic carbocycles. The van der Waals surface area contributed by atoms with Crippen molar-refractivity contribution in [2.45, 2.75) is 0 Å². The van der Waals surface area contributed by atoms with E-state index in [0.29, 0.717) is 0 Å². The molecule has 34 valence electrons. The predicted molar refractivity (Wildman–Crippen MR) is 25.8 cm³/mol. The maximum atomic E-state index is 7.83. The molecule has 0 unspecified atom stereocenters. The van der Waals surface area contributed by atoms with Crippen LogP contribution in [0, 0.1) is 11.3 Å². The zero-order valence-corrected chi connectivity index (χ0v) is 3.66. The first-order valence-electron chi connectivity index (χ1n) is 1.62. The van der Waals surface area contributed by atoms with Crippen LogP contribution in [0.2, 0.25) is 0 Å². The van der Waals surface area contributed by atoms with Crippen molar-refractivity contribution in [3.63, 3.8) is 0 Å². The van der Waals surface area contributed by atoms with Gasteiger partial charge in [-0.25, -0.2) is 4.99 Å². The standard InChI is InChI=1S/C3H3BN2O/c4-7-3-6-2-1-5/h3H,2H2. The molecule has 0 atom stereocenters. The minimum atomic E-state index is 0.0944. The lowest BCUT2D eigenvalue weighted by Gasteiger charge is -1.79. The average Bonchev–Trinajstić information content (AvgIpc) is 1.69. The summed E-state index contributed by atoms with van der Waals surface area (Å²) >= 11 is 0. The molecular weight excluding hydrogens is 90.9 g/mol. The molecule has 0 aromatic heterocycles. The summed E-state index contributed by atoms with van der Waals surface area (Å²) < 4.78 is 3.90. The van der Waals surface area contributed by atoms with Crippen molar-refractivity contribution >= 4 is 14.4 Å². The SMILES string of the molecule is [B]OC=NCC#N. The Morgan fingerprint density at radius 2 is 2.71 bits per heavy atom. The number of nitrogens with zero attached hydrogens (tertiary/aromatic N) is 2. The van der Waals surface area contributed by atoms with E-state index in [0.717, 1.165) is 6.40 Å². The van der Waals surface area contributed by atoms with E-state index >= 15 is 0 Å². The fourth-order valence-corrected chi connectivity index (χ4v) is 0.121. The summed E-state index contributed by atoms with van der Waals surface area (Å²) in [5, 5.41) is 7.83. The van der Waals surface area contributed by atoms with Crippen LogP contribution in [0.15, 0.2) is 4.99 Å². The number of rotatable bonds is 2. The van der Waals surface area contributed by atoms with Crippen molar-refractivity contribution < 1.29 is 4.65 Å². The summed E-state index contributed by atoms with van der Waals surface area (Å²) in [6.45, 7) is 0.0944. The highest BCUT2D eigenvalue weighted by molar-refractivity contribution is 6.02. The highest BCUT2D eigenvalue weighted by atomic mass is 16.4. The van der Waals surface area contributed by atoms with Crippen molar-refractivity contribution in [1.29, 1.82) is 5.26 Å². The van der Waals surface area contributed by atoms with Gasteiger partial charge in [-0.05, 0) is 0 Å². The van der Waals surface area contributed by atoms with Gasteiger partial charge in [0.2, 0.25) is 0 Å². The number of aliphatic imine (C=N–C) groups is 1. The van der Waals surface area contributed by atoms with Crippen LogP contribution in [0.3, 0.4) is 0 Å². The molecule has 7 heavy (non-hydrogen) atoms. The largest absolute Gasteiger partial charge is 0.560 e. The fourth-order valence-electron chi connectivity index (χ4n) is 0.121. The van der Waals surface area contributed by atoms with Crippen molar-refractivity contribution in [3.8, 4) is 6.07 Å². The van der Waals surface area contributed by atoms with Crippen molar-refractivity contribution in [1.82, 2.24) is 0 Å². The highest BCUT2D eigenvalue weighted by Crippen LogP contribution is 1.60. The minimum Gasteiger partial charge on any atom is -0.560 e. The Kier molecular flexibility index (Phi) is 4.32. The van der Waals surface area contributed by atoms with Gasteiger partial charge in [-0.3, -0.25) is 0 Å².